The molecular weight excluding hydrogens is 385 g/mol. The third-order valence-electron chi connectivity index (χ3n) is 3.09. The minimum Gasteiger partial charge on any atom is -0.465 e. The zero-order chi connectivity index (χ0) is 22.6. The Kier molecular flexibility index (Phi) is 7.16. The predicted octanol–water partition coefficient (Wildman–Crippen LogP) is 4.46. The molecule has 0 bridgehead atoms. The summed E-state index contributed by atoms with van der Waals surface area (Å²) >= 11 is 0. The molecule has 0 saturated heterocycles. The van der Waals surface area contributed by atoms with Gasteiger partial charge >= 0.3 is 18.3 Å². The molecule has 0 spiro atoms. The van der Waals surface area contributed by atoms with E-state index in [4.69, 9.17) is 14.6 Å². The van der Waals surface area contributed by atoms with Gasteiger partial charge in [-0.15, -0.1) is 0 Å². The maximum atomic E-state index is 14.2. The normalized spacial score (nSPS) is 11.2. The van der Waals surface area contributed by atoms with E-state index in [9.17, 15) is 24.0 Å². The first kappa shape index (κ1) is 23.7. The molecule has 1 aromatic carbocycles. The second kappa shape index (κ2) is 8.77. The summed E-state index contributed by atoms with van der Waals surface area (Å²) in [6.45, 7) is 8.99. The summed E-state index contributed by atoms with van der Waals surface area (Å²) in [6, 6.07) is 3.61. The number of hydrogen-bond donors (Lipinski definition) is 2. The van der Waals surface area contributed by atoms with Gasteiger partial charge in [0.05, 0.1) is 12.1 Å². The summed E-state index contributed by atoms with van der Waals surface area (Å²) in [5, 5.41) is 20.1. The first-order valence-electron chi connectivity index (χ1n) is 8.59. The SMILES string of the molecule is CC(C)(C)OC(=O)N(Cc1cc(NC(=O)O)cc(F)c1C#N)C(=O)OC(C)(C)C. The van der Waals surface area contributed by atoms with Crippen LogP contribution in [-0.4, -0.2) is 39.5 Å². The van der Waals surface area contributed by atoms with Crippen LogP contribution in [0.4, 0.5) is 24.5 Å². The summed E-state index contributed by atoms with van der Waals surface area (Å²) in [5.41, 5.74) is -2.59. The van der Waals surface area contributed by atoms with Crippen LogP contribution in [0.15, 0.2) is 12.1 Å². The van der Waals surface area contributed by atoms with E-state index in [1.165, 1.54) is 0 Å². The van der Waals surface area contributed by atoms with E-state index in [0.29, 0.717) is 4.90 Å². The highest BCUT2D eigenvalue weighted by Crippen LogP contribution is 2.23. The molecule has 2 N–H and O–H groups in total. The molecule has 29 heavy (non-hydrogen) atoms. The Morgan fingerprint density at radius 2 is 1.59 bits per heavy atom. The van der Waals surface area contributed by atoms with Gasteiger partial charge in [0, 0.05) is 5.69 Å². The van der Waals surface area contributed by atoms with E-state index in [1.54, 1.807) is 47.6 Å². The molecule has 0 saturated carbocycles. The zero-order valence-electron chi connectivity index (χ0n) is 17.1. The molecule has 0 fully saturated rings. The lowest BCUT2D eigenvalue weighted by Gasteiger charge is -2.29. The largest absolute Gasteiger partial charge is 0.465 e. The van der Waals surface area contributed by atoms with E-state index in [-0.39, 0.29) is 11.3 Å². The van der Waals surface area contributed by atoms with Gasteiger partial charge in [-0.2, -0.15) is 5.26 Å². The maximum absolute atomic E-state index is 14.2. The number of anilines is 1. The average Bonchev–Trinajstić information content (AvgIpc) is 2.47. The second-order valence-corrected chi connectivity index (χ2v) is 8.08. The molecule has 9 nitrogen and oxygen atoms in total. The fraction of sp³-hybridized carbons (Fsp3) is 0.474. The number of hydrogen-bond acceptors (Lipinski definition) is 6. The topological polar surface area (TPSA) is 129 Å². The second-order valence-electron chi connectivity index (χ2n) is 8.08. The van der Waals surface area contributed by atoms with E-state index in [0.717, 1.165) is 12.1 Å². The van der Waals surface area contributed by atoms with Gasteiger partial charge < -0.3 is 14.6 Å². The molecule has 0 aromatic heterocycles. The number of ether oxygens (including phenoxy) is 2. The summed E-state index contributed by atoms with van der Waals surface area (Å²) in [7, 11) is 0. The number of imide groups is 1. The molecule has 0 unspecified atom stereocenters. The van der Waals surface area contributed by atoms with Crippen LogP contribution in [0, 0.1) is 17.1 Å². The summed E-state index contributed by atoms with van der Waals surface area (Å²) in [6.07, 6.45) is -3.57. The highest BCUT2D eigenvalue weighted by Gasteiger charge is 2.32. The van der Waals surface area contributed by atoms with Gasteiger partial charge in [-0.25, -0.2) is 23.7 Å². The number of carbonyl (C=O) groups is 3. The monoisotopic (exact) mass is 409 g/mol. The number of rotatable bonds is 3. The van der Waals surface area contributed by atoms with Gasteiger partial charge in [0.1, 0.15) is 23.1 Å². The molecule has 0 radical (unpaired) electrons. The molecule has 10 heteroatoms. The van der Waals surface area contributed by atoms with Crippen LogP contribution in [0.2, 0.25) is 0 Å². The number of benzene rings is 1. The molecule has 0 aliphatic heterocycles. The van der Waals surface area contributed by atoms with Crippen LogP contribution in [-0.2, 0) is 16.0 Å². The minimum atomic E-state index is -1.45. The molecule has 0 aliphatic rings. The Morgan fingerprint density at radius 3 is 1.97 bits per heavy atom. The number of halogens is 1. The summed E-state index contributed by atoms with van der Waals surface area (Å²) in [4.78, 5) is 36.5. The lowest BCUT2D eigenvalue weighted by atomic mass is 10.1. The van der Waals surface area contributed by atoms with Crippen molar-refractivity contribution in [3.8, 4) is 6.07 Å². The van der Waals surface area contributed by atoms with Crippen molar-refractivity contribution in [2.24, 2.45) is 0 Å². The predicted molar refractivity (Wildman–Crippen MR) is 101 cm³/mol. The number of nitrogens with one attached hydrogen (secondary N) is 1. The third-order valence-corrected chi connectivity index (χ3v) is 3.09. The number of nitrogens with zero attached hydrogens (tertiary/aromatic N) is 2. The van der Waals surface area contributed by atoms with Crippen molar-refractivity contribution < 1.29 is 33.4 Å². The van der Waals surface area contributed by atoms with Gasteiger partial charge in [0.25, 0.3) is 0 Å². The van der Waals surface area contributed by atoms with Gasteiger partial charge in [-0.1, -0.05) is 0 Å². The Morgan fingerprint density at radius 1 is 1.10 bits per heavy atom. The van der Waals surface area contributed by atoms with Crippen molar-refractivity contribution in [1.29, 1.82) is 5.26 Å². The number of amides is 3. The molecular formula is C19H24FN3O6. The van der Waals surface area contributed by atoms with Gasteiger partial charge in [0.2, 0.25) is 0 Å². The van der Waals surface area contributed by atoms with E-state index in [1.807, 2.05) is 5.32 Å². The number of nitriles is 1. The molecule has 3 amide bonds. The van der Waals surface area contributed by atoms with E-state index < -0.39 is 47.4 Å². The molecule has 0 aliphatic carbocycles. The van der Waals surface area contributed by atoms with Gasteiger partial charge in [-0.3, -0.25) is 5.32 Å². The van der Waals surface area contributed by atoms with Crippen molar-refractivity contribution in [3.05, 3.63) is 29.1 Å². The molecule has 0 atom stereocenters. The standard InChI is InChI=1S/C19H24FN3O6/c1-18(2,3)28-16(26)23(17(27)29-19(4,5)6)10-11-7-12(22-15(24)25)8-14(20)13(11)9-21/h7-8,22H,10H2,1-6H3,(H,24,25). The Labute approximate surface area is 168 Å². The Balaban J connectivity index is 3.39. The highest BCUT2D eigenvalue weighted by molar-refractivity contribution is 5.88. The quantitative estimate of drug-likeness (QED) is 0.754. The fourth-order valence-electron chi connectivity index (χ4n) is 2.12. The van der Waals surface area contributed by atoms with Crippen molar-refractivity contribution in [2.75, 3.05) is 5.32 Å². The van der Waals surface area contributed by atoms with Crippen LogP contribution in [0.3, 0.4) is 0 Å². The molecule has 158 valence electrons. The molecule has 0 heterocycles. The highest BCUT2D eigenvalue weighted by atomic mass is 19.1. The Bertz CT molecular complexity index is 821. The van der Waals surface area contributed by atoms with Crippen molar-refractivity contribution in [3.63, 3.8) is 0 Å². The lowest BCUT2D eigenvalue weighted by Crippen LogP contribution is -2.43. The maximum Gasteiger partial charge on any atom is 0.420 e. The zero-order valence-corrected chi connectivity index (χ0v) is 17.1. The molecule has 1 aromatic rings. The molecule has 1 rings (SSSR count). The van der Waals surface area contributed by atoms with Gasteiger partial charge in [-0.05, 0) is 59.2 Å². The summed E-state index contributed by atoms with van der Waals surface area (Å²) < 4.78 is 24.7. The van der Waals surface area contributed by atoms with Crippen LogP contribution < -0.4 is 5.32 Å². The van der Waals surface area contributed by atoms with Gasteiger partial charge in [0.15, 0.2) is 0 Å². The van der Waals surface area contributed by atoms with Crippen molar-refractivity contribution in [2.45, 2.75) is 59.3 Å². The smallest absolute Gasteiger partial charge is 0.420 e. The average molecular weight is 409 g/mol. The van der Waals surface area contributed by atoms with E-state index in [2.05, 4.69) is 0 Å². The fourth-order valence-corrected chi connectivity index (χ4v) is 2.12. The van der Waals surface area contributed by atoms with Crippen LogP contribution >= 0.6 is 0 Å². The third kappa shape index (κ3) is 7.65. The lowest BCUT2D eigenvalue weighted by molar-refractivity contribution is -0.000294. The van der Waals surface area contributed by atoms with Crippen LogP contribution in [0.1, 0.15) is 52.7 Å². The van der Waals surface area contributed by atoms with Crippen molar-refractivity contribution in [1.82, 2.24) is 4.90 Å². The first-order valence-corrected chi connectivity index (χ1v) is 8.59. The first-order chi connectivity index (χ1) is 13.1. The Hall–Kier alpha value is -3.35. The number of carboxylic acid groups (broad SMARTS) is 1. The van der Waals surface area contributed by atoms with E-state index >= 15 is 0 Å². The number of carbonyl (C=O) groups excluding carboxylic acids is 2. The van der Waals surface area contributed by atoms with Crippen LogP contribution in [0.25, 0.3) is 0 Å². The summed E-state index contributed by atoms with van der Waals surface area (Å²) in [5.74, 6) is -1.01. The van der Waals surface area contributed by atoms with Crippen molar-refractivity contribution >= 4 is 24.0 Å². The minimum absolute atomic E-state index is 0.104. The van der Waals surface area contributed by atoms with Crippen LogP contribution in [0.5, 0.6) is 0 Å².